The van der Waals surface area contributed by atoms with Gasteiger partial charge in [-0.25, -0.2) is 9.18 Å². The molecule has 3 aromatic rings. The molecule has 1 aromatic heterocycles. The van der Waals surface area contributed by atoms with Gasteiger partial charge in [0.1, 0.15) is 23.4 Å². The molecule has 0 spiro atoms. The summed E-state index contributed by atoms with van der Waals surface area (Å²) in [6.45, 7) is -0.556. The number of hydrogen-bond acceptors (Lipinski definition) is 4. The number of carboxylic acid groups (broad SMARTS) is 1. The summed E-state index contributed by atoms with van der Waals surface area (Å²) < 4.78 is 24.3. The van der Waals surface area contributed by atoms with Crippen LogP contribution in [0, 0.1) is 5.82 Å². The van der Waals surface area contributed by atoms with Gasteiger partial charge in [0.2, 0.25) is 5.43 Å². The third-order valence-corrected chi connectivity index (χ3v) is 3.63. The van der Waals surface area contributed by atoms with Crippen molar-refractivity contribution in [1.82, 2.24) is 0 Å². The van der Waals surface area contributed by atoms with Crippen molar-refractivity contribution in [3.8, 4) is 16.9 Å². The molecule has 0 amide bonds. The monoisotopic (exact) mass is 348 g/mol. The van der Waals surface area contributed by atoms with E-state index in [0.717, 1.165) is 6.26 Å². The summed E-state index contributed by atoms with van der Waals surface area (Å²) >= 11 is 6.10. The maximum absolute atomic E-state index is 13.9. The molecule has 0 aliphatic heterocycles. The van der Waals surface area contributed by atoms with Crippen molar-refractivity contribution in [1.29, 1.82) is 0 Å². The second-order valence-corrected chi connectivity index (χ2v) is 5.33. The molecule has 1 N–H and O–H groups in total. The number of fused-ring (bicyclic) bond motifs is 1. The van der Waals surface area contributed by atoms with Gasteiger partial charge in [-0.2, -0.15) is 0 Å². The van der Waals surface area contributed by atoms with E-state index >= 15 is 0 Å². The molecule has 0 atom stereocenters. The Bertz CT molecular complexity index is 996. The molecule has 0 saturated carbocycles. The largest absolute Gasteiger partial charge is 0.482 e. The van der Waals surface area contributed by atoms with Crippen LogP contribution in [0.1, 0.15) is 0 Å². The van der Waals surface area contributed by atoms with Crippen molar-refractivity contribution in [2.24, 2.45) is 0 Å². The van der Waals surface area contributed by atoms with Crippen LogP contribution in [0.15, 0.2) is 51.9 Å². The van der Waals surface area contributed by atoms with E-state index in [1.165, 1.54) is 30.3 Å². The quantitative estimate of drug-likeness (QED) is 0.777. The summed E-state index contributed by atoms with van der Waals surface area (Å²) in [5.41, 5.74) is -0.221. The molecule has 0 fully saturated rings. The van der Waals surface area contributed by atoms with E-state index in [4.69, 9.17) is 25.9 Å². The van der Waals surface area contributed by atoms with E-state index in [1.807, 2.05) is 0 Å². The summed E-state index contributed by atoms with van der Waals surface area (Å²) in [7, 11) is 0. The van der Waals surface area contributed by atoms with Crippen molar-refractivity contribution in [3.63, 3.8) is 0 Å². The van der Waals surface area contributed by atoms with Gasteiger partial charge in [-0.15, -0.1) is 0 Å². The van der Waals surface area contributed by atoms with Crippen LogP contribution in [-0.4, -0.2) is 17.7 Å². The summed E-state index contributed by atoms with van der Waals surface area (Å²) in [5, 5.41) is 8.72. The SMILES string of the molecule is O=C(O)COc1cc(Cl)c2c(=O)c(-c3ccccc3F)coc2c1. The second kappa shape index (κ2) is 6.33. The fraction of sp³-hybridized carbons (Fsp3) is 0.0588. The van der Waals surface area contributed by atoms with Crippen LogP contribution < -0.4 is 10.2 Å². The molecular weight excluding hydrogens is 339 g/mol. The van der Waals surface area contributed by atoms with Crippen molar-refractivity contribution < 1.29 is 23.4 Å². The fourth-order valence-electron chi connectivity index (χ4n) is 2.28. The van der Waals surface area contributed by atoms with Gasteiger partial charge in [-0.05, 0) is 12.1 Å². The van der Waals surface area contributed by atoms with Crippen LogP contribution >= 0.6 is 11.6 Å². The van der Waals surface area contributed by atoms with Gasteiger partial charge in [0.15, 0.2) is 6.61 Å². The summed E-state index contributed by atoms with van der Waals surface area (Å²) in [5.74, 6) is -1.55. The number of ether oxygens (including phenoxy) is 1. The van der Waals surface area contributed by atoms with Crippen LogP contribution in [0.5, 0.6) is 5.75 Å². The van der Waals surface area contributed by atoms with E-state index in [1.54, 1.807) is 6.07 Å². The predicted molar refractivity (Wildman–Crippen MR) is 86.0 cm³/mol. The molecule has 122 valence electrons. The van der Waals surface area contributed by atoms with Crippen molar-refractivity contribution in [2.45, 2.75) is 0 Å². The third-order valence-electron chi connectivity index (χ3n) is 3.33. The molecule has 0 bridgehead atoms. The zero-order valence-electron chi connectivity index (χ0n) is 12.1. The van der Waals surface area contributed by atoms with Crippen LogP contribution in [0.25, 0.3) is 22.1 Å². The van der Waals surface area contributed by atoms with Crippen LogP contribution in [0.3, 0.4) is 0 Å². The lowest BCUT2D eigenvalue weighted by Crippen LogP contribution is -2.10. The first-order chi connectivity index (χ1) is 11.5. The lowest BCUT2D eigenvalue weighted by Gasteiger charge is -2.08. The van der Waals surface area contributed by atoms with Crippen LogP contribution in [-0.2, 0) is 4.79 Å². The first kappa shape index (κ1) is 16.0. The molecule has 24 heavy (non-hydrogen) atoms. The first-order valence-corrected chi connectivity index (χ1v) is 7.19. The van der Waals surface area contributed by atoms with Gasteiger partial charge in [0.05, 0.1) is 16.0 Å². The van der Waals surface area contributed by atoms with Gasteiger partial charge in [0.25, 0.3) is 0 Å². The van der Waals surface area contributed by atoms with Crippen molar-refractivity contribution in [3.05, 3.63) is 63.7 Å². The molecule has 2 aromatic carbocycles. The molecule has 0 saturated heterocycles. The highest BCUT2D eigenvalue weighted by Crippen LogP contribution is 2.30. The normalized spacial score (nSPS) is 10.8. The molecule has 5 nitrogen and oxygen atoms in total. The average Bonchev–Trinajstić information content (AvgIpc) is 2.54. The molecule has 0 unspecified atom stereocenters. The molecule has 0 aliphatic rings. The van der Waals surface area contributed by atoms with E-state index in [-0.39, 0.29) is 32.9 Å². The summed E-state index contributed by atoms with van der Waals surface area (Å²) in [6.07, 6.45) is 1.14. The first-order valence-electron chi connectivity index (χ1n) is 6.82. The number of aliphatic carboxylic acids is 1. The highest BCUT2D eigenvalue weighted by atomic mass is 35.5. The minimum atomic E-state index is -1.15. The maximum Gasteiger partial charge on any atom is 0.341 e. The molecule has 0 aliphatic carbocycles. The highest BCUT2D eigenvalue weighted by molar-refractivity contribution is 6.35. The number of carbonyl (C=O) groups is 1. The summed E-state index contributed by atoms with van der Waals surface area (Å²) in [6, 6.07) is 8.49. The number of halogens is 2. The van der Waals surface area contributed by atoms with Gasteiger partial charge in [-0.1, -0.05) is 29.8 Å². The van der Waals surface area contributed by atoms with E-state index < -0.39 is 23.8 Å². The smallest absolute Gasteiger partial charge is 0.341 e. The second-order valence-electron chi connectivity index (χ2n) is 4.92. The maximum atomic E-state index is 13.9. The number of hydrogen-bond donors (Lipinski definition) is 1. The lowest BCUT2D eigenvalue weighted by molar-refractivity contribution is -0.139. The molecule has 0 radical (unpaired) electrons. The van der Waals surface area contributed by atoms with E-state index in [2.05, 4.69) is 0 Å². The average molecular weight is 349 g/mol. The topological polar surface area (TPSA) is 76.7 Å². The molecule has 7 heteroatoms. The van der Waals surface area contributed by atoms with Crippen molar-refractivity contribution >= 4 is 28.5 Å². The van der Waals surface area contributed by atoms with Crippen LogP contribution in [0.2, 0.25) is 5.02 Å². The van der Waals surface area contributed by atoms with Gasteiger partial charge >= 0.3 is 5.97 Å². The number of carboxylic acids is 1. The zero-order valence-corrected chi connectivity index (χ0v) is 12.8. The lowest BCUT2D eigenvalue weighted by atomic mass is 10.0. The third kappa shape index (κ3) is 2.96. The number of rotatable bonds is 4. The standard InChI is InChI=1S/C17H10ClFO5/c18-12-5-9(23-8-15(20)21)6-14-16(12)17(22)11(7-24-14)10-3-1-2-4-13(10)19/h1-7H,8H2,(H,20,21). The minimum Gasteiger partial charge on any atom is -0.482 e. The Morgan fingerprint density at radius 1 is 1.25 bits per heavy atom. The minimum absolute atomic E-state index is 0.0276. The van der Waals surface area contributed by atoms with E-state index in [0.29, 0.717) is 0 Å². The predicted octanol–water partition coefficient (Wildman–Crippen LogP) is 3.72. The highest BCUT2D eigenvalue weighted by Gasteiger charge is 2.16. The van der Waals surface area contributed by atoms with Gasteiger partial charge < -0.3 is 14.3 Å². The number of benzene rings is 2. The Hall–Kier alpha value is -2.86. The fourth-order valence-corrected chi connectivity index (χ4v) is 2.56. The van der Waals surface area contributed by atoms with Gasteiger partial charge in [-0.3, -0.25) is 4.79 Å². The van der Waals surface area contributed by atoms with Crippen LogP contribution in [0.4, 0.5) is 4.39 Å². The Morgan fingerprint density at radius 2 is 2.00 bits per heavy atom. The van der Waals surface area contributed by atoms with E-state index in [9.17, 15) is 14.0 Å². The molecular formula is C17H10ClFO5. The Balaban J connectivity index is 2.15. The Morgan fingerprint density at radius 3 is 2.71 bits per heavy atom. The zero-order chi connectivity index (χ0) is 17.3. The Labute approximate surface area is 139 Å². The molecule has 1 heterocycles. The van der Waals surface area contributed by atoms with Gasteiger partial charge in [0, 0.05) is 11.6 Å². The van der Waals surface area contributed by atoms with Crippen molar-refractivity contribution in [2.75, 3.05) is 6.61 Å². The summed E-state index contributed by atoms with van der Waals surface area (Å²) in [4.78, 5) is 23.2. The Kier molecular flexibility index (Phi) is 4.22. The molecule has 3 rings (SSSR count).